The molecule has 1 unspecified atom stereocenters. The zero-order chi connectivity index (χ0) is 20.6. The minimum absolute atomic E-state index is 0.100. The highest BCUT2D eigenvalue weighted by Crippen LogP contribution is 2.19. The van der Waals surface area contributed by atoms with Crippen molar-refractivity contribution >= 4 is 11.8 Å². The fourth-order valence-electron chi connectivity index (χ4n) is 3.62. The fraction of sp³-hybridized carbons (Fsp3) is 0.417. The van der Waals surface area contributed by atoms with Crippen molar-refractivity contribution in [2.45, 2.75) is 58.2 Å². The fourth-order valence-corrected chi connectivity index (χ4v) is 3.62. The van der Waals surface area contributed by atoms with E-state index in [2.05, 4.69) is 5.32 Å². The van der Waals surface area contributed by atoms with Crippen LogP contribution in [0.4, 0.5) is 0 Å². The molecule has 1 N–H and O–H groups in total. The molecule has 154 valence electrons. The Morgan fingerprint density at radius 3 is 2.38 bits per heavy atom. The first kappa shape index (κ1) is 20.9. The molecule has 1 aliphatic rings. The third-order valence-electron chi connectivity index (χ3n) is 5.45. The Bertz CT molecular complexity index is 799. The van der Waals surface area contributed by atoms with Gasteiger partial charge in [0.1, 0.15) is 11.8 Å². The molecule has 1 fully saturated rings. The number of benzene rings is 2. The van der Waals surface area contributed by atoms with Crippen molar-refractivity contribution in [1.29, 1.82) is 0 Å². The summed E-state index contributed by atoms with van der Waals surface area (Å²) in [7, 11) is 0. The number of hydrogen-bond donors (Lipinski definition) is 1. The molecule has 0 bridgehead atoms. The van der Waals surface area contributed by atoms with Gasteiger partial charge in [0.25, 0.3) is 5.91 Å². The summed E-state index contributed by atoms with van der Waals surface area (Å²) >= 11 is 0. The molecule has 1 saturated carbocycles. The van der Waals surface area contributed by atoms with Crippen LogP contribution < -0.4 is 10.1 Å². The number of ether oxygens (including phenoxy) is 1. The predicted octanol–water partition coefficient (Wildman–Crippen LogP) is 3.85. The Balaban J connectivity index is 1.67. The number of hydrogen-bond acceptors (Lipinski definition) is 3. The first-order valence-corrected chi connectivity index (χ1v) is 10.4. The molecule has 5 heteroatoms. The number of carbonyl (C=O) groups excluding carboxylic acids is 2. The zero-order valence-electron chi connectivity index (χ0n) is 17.3. The van der Waals surface area contributed by atoms with E-state index in [0.29, 0.717) is 12.3 Å². The van der Waals surface area contributed by atoms with Crippen molar-refractivity contribution in [2.24, 2.45) is 0 Å². The molecule has 0 heterocycles. The molecule has 3 rings (SSSR count). The smallest absolute Gasteiger partial charge is 0.261 e. The number of amides is 2. The lowest BCUT2D eigenvalue weighted by molar-refractivity contribution is -0.142. The van der Waals surface area contributed by atoms with Crippen molar-refractivity contribution in [3.05, 3.63) is 65.7 Å². The molecule has 2 aromatic rings. The molecular weight excluding hydrogens is 364 g/mol. The van der Waals surface area contributed by atoms with Gasteiger partial charge in [-0.25, -0.2) is 0 Å². The molecule has 29 heavy (non-hydrogen) atoms. The van der Waals surface area contributed by atoms with E-state index < -0.39 is 6.04 Å². The largest absolute Gasteiger partial charge is 0.484 e. The maximum Gasteiger partial charge on any atom is 0.261 e. The average molecular weight is 395 g/mol. The highest BCUT2D eigenvalue weighted by atomic mass is 16.5. The maximum absolute atomic E-state index is 13.0. The first-order valence-electron chi connectivity index (χ1n) is 10.4. The second-order valence-corrected chi connectivity index (χ2v) is 7.77. The lowest BCUT2D eigenvalue weighted by Gasteiger charge is -2.29. The van der Waals surface area contributed by atoms with Crippen molar-refractivity contribution in [2.75, 3.05) is 6.61 Å². The Kier molecular flexibility index (Phi) is 7.28. The number of aryl methyl sites for hydroxylation is 1. The van der Waals surface area contributed by atoms with Crippen LogP contribution in [0.1, 0.15) is 43.7 Å². The molecular formula is C24H30N2O3. The Labute approximate surface area is 173 Å². The normalized spacial score (nSPS) is 15.0. The topological polar surface area (TPSA) is 58.6 Å². The monoisotopic (exact) mass is 394 g/mol. The highest BCUT2D eigenvalue weighted by molar-refractivity contribution is 5.88. The molecule has 0 spiro atoms. The van der Waals surface area contributed by atoms with E-state index in [0.717, 1.165) is 36.8 Å². The van der Waals surface area contributed by atoms with Gasteiger partial charge < -0.3 is 15.0 Å². The third-order valence-corrected chi connectivity index (χ3v) is 5.45. The van der Waals surface area contributed by atoms with Crippen molar-refractivity contribution < 1.29 is 14.3 Å². The average Bonchev–Trinajstić information content (AvgIpc) is 3.24. The number of carbonyl (C=O) groups is 2. The Hall–Kier alpha value is -2.82. The number of nitrogens with one attached hydrogen (secondary N) is 1. The zero-order valence-corrected chi connectivity index (χ0v) is 17.3. The first-order chi connectivity index (χ1) is 14.0. The van der Waals surface area contributed by atoms with Crippen LogP contribution in [0.3, 0.4) is 0 Å². The van der Waals surface area contributed by atoms with Crippen LogP contribution in [0.15, 0.2) is 54.6 Å². The summed E-state index contributed by atoms with van der Waals surface area (Å²) in [5.41, 5.74) is 2.11. The maximum atomic E-state index is 13.0. The van der Waals surface area contributed by atoms with Crippen LogP contribution in [-0.2, 0) is 16.1 Å². The number of nitrogens with zero attached hydrogens (tertiary/aromatic N) is 1. The van der Waals surface area contributed by atoms with Gasteiger partial charge in [0.15, 0.2) is 6.61 Å². The molecule has 0 aromatic heterocycles. The van der Waals surface area contributed by atoms with Gasteiger partial charge in [0.2, 0.25) is 5.91 Å². The van der Waals surface area contributed by atoms with Crippen molar-refractivity contribution in [3.8, 4) is 5.75 Å². The van der Waals surface area contributed by atoms with Crippen LogP contribution in [0.25, 0.3) is 0 Å². The van der Waals surface area contributed by atoms with E-state index >= 15 is 0 Å². The van der Waals surface area contributed by atoms with Gasteiger partial charge in [0, 0.05) is 12.6 Å². The summed E-state index contributed by atoms with van der Waals surface area (Å²) in [6.07, 6.45) is 4.33. The molecule has 0 aliphatic heterocycles. The summed E-state index contributed by atoms with van der Waals surface area (Å²) in [6.45, 7) is 4.06. The van der Waals surface area contributed by atoms with Crippen LogP contribution >= 0.6 is 0 Å². The molecule has 1 atom stereocenters. The molecule has 0 saturated heterocycles. The van der Waals surface area contributed by atoms with Crippen LogP contribution in [-0.4, -0.2) is 35.4 Å². The van der Waals surface area contributed by atoms with Gasteiger partial charge in [-0.1, -0.05) is 60.9 Å². The summed E-state index contributed by atoms with van der Waals surface area (Å²) in [4.78, 5) is 27.4. The third kappa shape index (κ3) is 6.08. The Morgan fingerprint density at radius 1 is 1.07 bits per heavy atom. The van der Waals surface area contributed by atoms with E-state index in [-0.39, 0.29) is 24.5 Å². The van der Waals surface area contributed by atoms with Gasteiger partial charge in [0.05, 0.1) is 0 Å². The van der Waals surface area contributed by atoms with E-state index in [1.807, 2.05) is 61.5 Å². The second kappa shape index (κ2) is 10.1. The highest BCUT2D eigenvalue weighted by Gasteiger charge is 2.28. The minimum Gasteiger partial charge on any atom is -0.484 e. The van der Waals surface area contributed by atoms with E-state index in [4.69, 9.17) is 4.74 Å². The SMILES string of the molecule is Cc1ccc(OCC(=O)N(Cc2ccccc2)C(C)C(=O)NC2CCCC2)cc1. The van der Waals surface area contributed by atoms with Gasteiger partial charge >= 0.3 is 0 Å². The summed E-state index contributed by atoms with van der Waals surface area (Å²) in [6, 6.07) is 17.0. The van der Waals surface area contributed by atoms with Gasteiger partial charge in [-0.3, -0.25) is 9.59 Å². The second-order valence-electron chi connectivity index (χ2n) is 7.77. The molecule has 2 amide bonds. The summed E-state index contributed by atoms with van der Waals surface area (Å²) in [5, 5.41) is 3.11. The van der Waals surface area contributed by atoms with Crippen molar-refractivity contribution in [1.82, 2.24) is 10.2 Å². The molecule has 2 aromatic carbocycles. The van der Waals surface area contributed by atoms with E-state index in [1.165, 1.54) is 0 Å². The van der Waals surface area contributed by atoms with Crippen LogP contribution in [0.5, 0.6) is 5.75 Å². The van der Waals surface area contributed by atoms with Crippen LogP contribution in [0, 0.1) is 6.92 Å². The van der Waals surface area contributed by atoms with E-state index in [1.54, 1.807) is 11.8 Å². The van der Waals surface area contributed by atoms with Crippen molar-refractivity contribution in [3.63, 3.8) is 0 Å². The Morgan fingerprint density at radius 2 is 1.72 bits per heavy atom. The molecule has 1 aliphatic carbocycles. The molecule has 0 radical (unpaired) electrons. The lowest BCUT2D eigenvalue weighted by atomic mass is 10.1. The minimum atomic E-state index is -0.565. The van der Waals surface area contributed by atoms with Gasteiger partial charge in [-0.05, 0) is 44.4 Å². The van der Waals surface area contributed by atoms with E-state index in [9.17, 15) is 9.59 Å². The predicted molar refractivity (Wildman–Crippen MR) is 114 cm³/mol. The van der Waals surface area contributed by atoms with Gasteiger partial charge in [-0.2, -0.15) is 0 Å². The lowest BCUT2D eigenvalue weighted by Crippen LogP contribution is -2.50. The van der Waals surface area contributed by atoms with Gasteiger partial charge in [-0.15, -0.1) is 0 Å². The number of rotatable bonds is 8. The summed E-state index contributed by atoms with van der Waals surface area (Å²) < 4.78 is 5.68. The van der Waals surface area contributed by atoms with Crippen LogP contribution in [0.2, 0.25) is 0 Å². The molecule has 5 nitrogen and oxygen atoms in total. The quantitative estimate of drug-likeness (QED) is 0.740. The standard InChI is InChI=1S/C24H30N2O3/c1-18-12-14-22(15-13-18)29-17-23(27)26(16-20-8-4-3-5-9-20)19(2)24(28)25-21-10-6-7-11-21/h3-5,8-9,12-15,19,21H,6-7,10-11,16-17H2,1-2H3,(H,25,28). The summed E-state index contributed by atoms with van der Waals surface area (Å²) in [5.74, 6) is 0.340.